The second kappa shape index (κ2) is 4.01. The number of rotatable bonds is 2. The fourth-order valence-corrected chi connectivity index (χ4v) is 1.82. The maximum absolute atomic E-state index is 11.8. The van der Waals surface area contributed by atoms with Gasteiger partial charge in [-0.1, -0.05) is 6.07 Å². The molecule has 0 aliphatic carbocycles. The van der Waals surface area contributed by atoms with Crippen molar-refractivity contribution in [1.82, 2.24) is 0 Å². The first-order valence-electron chi connectivity index (χ1n) is 5.18. The van der Waals surface area contributed by atoms with Gasteiger partial charge in [-0.25, -0.2) is 0 Å². The van der Waals surface area contributed by atoms with Crippen LogP contribution in [0.2, 0.25) is 0 Å². The van der Waals surface area contributed by atoms with Gasteiger partial charge in [-0.05, 0) is 37.1 Å². The molecule has 0 radical (unpaired) electrons. The van der Waals surface area contributed by atoms with Gasteiger partial charge in [0.1, 0.15) is 0 Å². The molecular formula is C12H12N2O3. The van der Waals surface area contributed by atoms with Crippen LogP contribution in [-0.2, 0) is 9.59 Å². The highest BCUT2D eigenvalue weighted by atomic mass is 16.4. The van der Waals surface area contributed by atoms with Crippen LogP contribution in [0, 0.1) is 19.8 Å². The zero-order valence-electron chi connectivity index (χ0n) is 9.54. The van der Waals surface area contributed by atoms with Crippen LogP contribution >= 0.6 is 0 Å². The second-order valence-electron chi connectivity index (χ2n) is 4.08. The van der Waals surface area contributed by atoms with Crippen LogP contribution in [0.25, 0.3) is 0 Å². The highest BCUT2D eigenvalue weighted by molar-refractivity contribution is 6.19. The van der Waals surface area contributed by atoms with Gasteiger partial charge in [0.2, 0.25) is 0 Å². The number of carboxylic acids is 1. The molecule has 1 aromatic carbocycles. The molecule has 17 heavy (non-hydrogen) atoms. The molecule has 2 rings (SSSR count). The van der Waals surface area contributed by atoms with Gasteiger partial charge < -0.3 is 5.11 Å². The maximum Gasteiger partial charge on any atom is 0.321 e. The number of hydrogen-bond donors (Lipinski definition) is 1. The van der Waals surface area contributed by atoms with E-state index in [1.54, 1.807) is 12.1 Å². The Kier molecular flexibility index (Phi) is 2.67. The third-order valence-electron chi connectivity index (χ3n) is 2.52. The third-order valence-corrected chi connectivity index (χ3v) is 2.52. The average Bonchev–Trinajstić information content (AvgIpc) is 2.58. The molecule has 0 saturated heterocycles. The van der Waals surface area contributed by atoms with E-state index < -0.39 is 17.8 Å². The minimum absolute atomic E-state index is 0.525. The summed E-state index contributed by atoms with van der Waals surface area (Å²) in [6, 6.07) is 5.57. The summed E-state index contributed by atoms with van der Waals surface area (Å²) >= 11 is 0. The lowest BCUT2D eigenvalue weighted by Gasteiger charge is -2.14. The van der Waals surface area contributed by atoms with E-state index in [0.29, 0.717) is 5.69 Å². The Morgan fingerprint density at radius 1 is 1.29 bits per heavy atom. The minimum atomic E-state index is -1.18. The number of carbonyl (C=O) groups is 2. The van der Waals surface area contributed by atoms with E-state index in [0.717, 1.165) is 22.4 Å². The number of hydrazone groups is 1. The molecule has 0 fully saturated rings. The first-order valence-corrected chi connectivity index (χ1v) is 5.18. The molecule has 1 heterocycles. The Hall–Kier alpha value is -2.17. The highest BCUT2D eigenvalue weighted by Crippen LogP contribution is 2.23. The van der Waals surface area contributed by atoms with E-state index in [4.69, 9.17) is 5.11 Å². The van der Waals surface area contributed by atoms with Gasteiger partial charge in [0, 0.05) is 6.21 Å². The number of carbonyl (C=O) groups excluding carboxylic acids is 1. The molecule has 1 N–H and O–H groups in total. The predicted octanol–water partition coefficient (Wildman–Crippen LogP) is 1.34. The molecule has 88 valence electrons. The van der Waals surface area contributed by atoms with Crippen molar-refractivity contribution in [3.8, 4) is 0 Å². The van der Waals surface area contributed by atoms with Gasteiger partial charge in [-0.2, -0.15) is 10.1 Å². The van der Waals surface area contributed by atoms with Gasteiger partial charge in [0.05, 0.1) is 5.69 Å². The van der Waals surface area contributed by atoms with Crippen LogP contribution in [0.3, 0.4) is 0 Å². The Morgan fingerprint density at radius 2 is 1.88 bits per heavy atom. The molecule has 1 amide bonds. The Morgan fingerprint density at radius 3 is 2.35 bits per heavy atom. The summed E-state index contributed by atoms with van der Waals surface area (Å²) in [4.78, 5) is 22.6. The average molecular weight is 232 g/mol. The zero-order chi connectivity index (χ0) is 12.6. The number of nitrogens with zero attached hydrogens (tertiary/aromatic N) is 2. The predicted molar refractivity (Wildman–Crippen MR) is 63.0 cm³/mol. The van der Waals surface area contributed by atoms with Crippen molar-refractivity contribution in [2.45, 2.75) is 13.8 Å². The van der Waals surface area contributed by atoms with E-state index in [1.807, 2.05) is 19.9 Å². The van der Waals surface area contributed by atoms with Crippen molar-refractivity contribution in [2.75, 3.05) is 5.01 Å². The highest BCUT2D eigenvalue weighted by Gasteiger charge is 2.35. The largest absolute Gasteiger partial charge is 0.480 e. The number of aryl methyl sites for hydroxylation is 2. The Bertz CT molecular complexity index is 502. The first-order chi connectivity index (χ1) is 7.99. The summed E-state index contributed by atoms with van der Waals surface area (Å²) in [6.45, 7) is 3.82. The molecule has 0 spiro atoms. The summed E-state index contributed by atoms with van der Waals surface area (Å²) in [5, 5.41) is 13.8. The van der Waals surface area contributed by atoms with Gasteiger partial charge in [0.25, 0.3) is 5.91 Å². The van der Waals surface area contributed by atoms with Crippen LogP contribution in [-0.4, -0.2) is 23.2 Å². The van der Waals surface area contributed by atoms with E-state index in [1.165, 1.54) is 0 Å². The molecule has 1 unspecified atom stereocenters. The zero-order valence-corrected chi connectivity index (χ0v) is 9.54. The summed E-state index contributed by atoms with van der Waals surface area (Å²) in [7, 11) is 0. The summed E-state index contributed by atoms with van der Waals surface area (Å²) < 4.78 is 0. The lowest BCUT2D eigenvalue weighted by atomic mass is 10.1. The van der Waals surface area contributed by atoms with Gasteiger partial charge in [-0.15, -0.1) is 0 Å². The van der Waals surface area contributed by atoms with Gasteiger partial charge in [0.15, 0.2) is 5.92 Å². The molecule has 0 bridgehead atoms. The SMILES string of the molecule is Cc1cc(C)cc(N2N=CC(C(=O)O)C2=O)c1. The van der Waals surface area contributed by atoms with Crippen LogP contribution < -0.4 is 5.01 Å². The molecule has 5 heteroatoms. The fourth-order valence-electron chi connectivity index (χ4n) is 1.82. The molecule has 1 aromatic rings. The second-order valence-corrected chi connectivity index (χ2v) is 4.08. The molecule has 1 aliphatic heterocycles. The van der Waals surface area contributed by atoms with Crippen molar-refractivity contribution in [3.05, 3.63) is 29.3 Å². The van der Waals surface area contributed by atoms with Crippen LogP contribution in [0.5, 0.6) is 0 Å². The smallest absolute Gasteiger partial charge is 0.321 e. The first kappa shape index (κ1) is 11.3. The minimum Gasteiger partial charge on any atom is -0.480 e. The molecule has 0 aromatic heterocycles. The Balaban J connectivity index is 2.34. The van der Waals surface area contributed by atoms with Crippen molar-refractivity contribution in [2.24, 2.45) is 11.0 Å². The lowest BCUT2D eigenvalue weighted by molar-refractivity contribution is -0.142. The fraction of sp³-hybridized carbons (Fsp3) is 0.250. The summed E-state index contributed by atoms with van der Waals surface area (Å²) in [5.41, 5.74) is 2.61. The number of hydrogen-bond acceptors (Lipinski definition) is 3. The molecule has 5 nitrogen and oxygen atoms in total. The van der Waals surface area contributed by atoms with Crippen LogP contribution in [0.4, 0.5) is 5.69 Å². The van der Waals surface area contributed by atoms with Gasteiger partial charge in [-0.3, -0.25) is 9.59 Å². The standard InChI is InChI=1S/C12H12N2O3/c1-7-3-8(2)5-9(4-7)14-11(15)10(6-13-14)12(16)17/h3-6,10H,1-2H3,(H,16,17). The normalized spacial score (nSPS) is 18.8. The monoisotopic (exact) mass is 232 g/mol. The van der Waals surface area contributed by atoms with E-state index >= 15 is 0 Å². The van der Waals surface area contributed by atoms with Crippen LogP contribution in [0.1, 0.15) is 11.1 Å². The van der Waals surface area contributed by atoms with E-state index in [-0.39, 0.29) is 0 Å². The molecule has 1 atom stereocenters. The molecule has 1 aliphatic rings. The number of anilines is 1. The van der Waals surface area contributed by atoms with Gasteiger partial charge >= 0.3 is 5.97 Å². The number of carboxylic acid groups (broad SMARTS) is 1. The van der Waals surface area contributed by atoms with Crippen molar-refractivity contribution < 1.29 is 14.7 Å². The summed E-state index contributed by atoms with van der Waals surface area (Å²) in [6.07, 6.45) is 1.16. The Labute approximate surface area is 98.4 Å². The number of aliphatic carboxylic acids is 1. The van der Waals surface area contributed by atoms with Crippen LogP contribution in [0.15, 0.2) is 23.3 Å². The van der Waals surface area contributed by atoms with Crippen molar-refractivity contribution in [3.63, 3.8) is 0 Å². The topological polar surface area (TPSA) is 70.0 Å². The van der Waals surface area contributed by atoms with Crippen molar-refractivity contribution in [1.29, 1.82) is 0 Å². The van der Waals surface area contributed by atoms with Crippen molar-refractivity contribution >= 4 is 23.8 Å². The lowest BCUT2D eigenvalue weighted by Crippen LogP contribution is -2.30. The third kappa shape index (κ3) is 2.04. The number of benzene rings is 1. The number of amides is 1. The molecular weight excluding hydrogens is 220 g/mol. The van der Waals surface area contributed by atoms with E-state index in [2.05, 4.69) is 5.10 Å². The van der Waals surface area contributed by atoms with E-state index in [9.17, 15) is 9.59 Å². The maximum atomic E-state index is 11.8. The molecule has 0 saturated carbocycles. The quantitative estimate of drug-likeness (QED) is 0.782. The summed E-state index contributed by atoms with van der Waals surface area (Å²) in [5.74, 6) is -2.87.